The van der Waals surface area contributed by atoms with Crippen molar-refractivity contribution in [1.82, 2.24) is 4.31 Å². The molecule has 0 fully saturated rings. The fourth-order valence-corrected chi connectivity index (χ4v) is 4.32. The van der Waals surface area contributed by atoms with Crippen LogP contribution in [0.25, 0.3) is 0 Å². The molecule has 0 saturated carbocycles. The summed E-state index contributed by atoms with van der Waals surface area (Å²) in [6, 6.07) is 15.7. The average molecular weight is 465 g/mol. The topological polar surface area (TPSA) is 66.5 Å². The monoisotopic (exact) mass is 464 g/mol. The number of amides is 1. The molecule has 0 heterocycles. The Hall–Kier alpha value is -2.81. The number of nitrogens with one attached hydrogen (secondary N) is 1. The molecule has 3 aromatic rings. The van der Waals surface area contributed by atoms with Crippen LogP contribution in [0.1, 0.15) is 11.1 Å². The molecule has 0 aliphatic heterocycles. The molecular formula is C22H19ClF2N2O3S. The van der Waals surface area contributed by atoms with Crippen LogP contribution in [0.3, 0.4) is 0 Å². The van der Waals surface area contributed by atoms with Gasteiger partial charge in [-0.05, 0) is 48.9 Å². The van der Waals surface area contributed by atoms with Crippen LogP contribution in [-0.4, -0.2) is 25.2 Å². The number of hydrogen-bond acceptors (Lipinski definition) is 3. The molecule has 0 atom stereocenters. The fourth-order valence-electron chi connectivity index (χ4n) is 2.81. The summed E-state index contributed by atoms with van der Waals surface area (Å²) in [5.41, 5.74) is 1.53. The van der Waals surface area contributed by atoms with Crippen molar-refractivity contribution in [3.8, 4) is 0 Å². The van der Waals surface area contributed by atoms with Gasteiger partial charge in [-0.15, -0.1) is 0 Å². The quantitative estimate of drug-likeness (QED) is 0.548. The zero-order valence-corrected chi connectivity index (χ0v) is 18.1. The molecule has 5 nitrogen and oxygen atoms in total. The number of aryl methyl sites for hydroxylation is 1. The van der Waals surface area contributed by atoms with E-state index in [4.69, 9.17) is 11.6 Å². The summed E-state index contributed by atoms with van der Waals surface area (Å²) in [5.74, 6) is -2.87. The van der Waals surface area contributed by atoms with E-state index >= 15 is 0 Å². The van der Waals surface area contributed by atoms with Gasteiger partial charge in [0.1, 0.15) is 0 Å². The number of anilines is 1. The molecule has 0 aliphatic carbocycles. The molecule has 1 N–H and O–H groups in total. The summed E-state index contributed by atoms with van der Waals surface area (Å²) in [7, 11) is -4.02. The smallest absolute Gasteiger partial charge is 0.243 e. The molecule has 162 valence electrons. The first kappa shape index (κ1) is 22.9. The summed E-state index contributed by atoms with van der Waals surface area (Å²) < 4.78 is 54.0. The normalized spacial score (nSPS) is 11.5. The van der Waals surface area contributed by atoms with Gasteiger partial charge in [0.2, 0.25) is 15.9 Å². The van der Waals surface area contributed by atoms with Crippen molar-refractivity contribution in [2.45, 2.75) is 18.4 Å². The number of nitrogens with zero attached hydrogens (tertiary/aromatic N) is 1. The zero-order chi connectivity index (χ0) is 22.6. The number of halogens is 3. The maximum absolute atomic E-state index is 13.4. The number of carbonyl (C=O) groups excluding carboxylic acids is 1. The van der Waals surface area contributed by atoms with Gasteiger partial charge in [-0.1, -0.05) is 41.4 Å². The Balaban J connectivity index is 1.87. The molecule has 1 amide bonds. The van der Waals surface area contributed by atoms with Gasteiger partial charge >= 0.3 is 0 Å². The second-order valence-electron chi connectivity index (χ2n) is 6.89. The van der Waals surface area contributed by atoms with Gasteiger partial charge in [0.25, 0.3) is 0 Å². The molecule has 3 rings (SSSR count). The fraction of sp³-hybridized carbons (Fsp3) is 0.136. The van der Waals surface area contributed by atoms with E-state index in [1.807, 2.05) is 6.92 Å². The number of hydrogen-bond donors (Lipinski definition) is 1. The lowest BCUT2D eigenvalue weighted by Gasteiger charge is -2.22. The number of sulfonamides is 1. The number of benzene rings is 3. The largest absolute Gasteiger partial charge is 0.325 e. The number of rotatable bonds is 7. The standard InChI is InChI=1S/C22H19ClF2N2O3S/c1-15-2-9-19(10-3-15)31(29,30)27(13-16-4-6-17(23)7-5-16)14-22(28)26-18-8-11-20(24)21(25)12-18/h2-12H,13-14H2,1H3,(H,26,28). The van der Waals surface area contributed by atoms with Crippen LogP contribution in [0.5, 0.6) is 0 Å². The van der Waals surface area contributed by atoms with Gasteiger partial charge in [-0.2, -0.15) is 4.31 Å². The van der Waals surface area contributed by atoms with Gasteiger partial charge in [0.05, 0.1) is 11.4 Å². The van der Waals surface area contributed by atoms with E-state index in [2.05, 4.69) is 5.32 Å². The van der Waals surface area contributed by atoms with Crippen LogP contribution in [0.2, 0.25) is 5.02 Å². The van der Waals surface area contributed by atoms with Gasteiger partial charge in [-0.25, -0.2) is 17.2 Å². The van der Waals surface area contributed by atoms with E-state index in [0.29, 0.717) is 10.6 Å². The molecule has 0 spiro atoms. The Bertz CT molecular complexity index is 1180. The van der Waals surface area contributed by atoms with Crippen molar-refractivity contribution in [2.75, 3.05) is 11.9 Å². The molecule has 3 aromatic carbocycles. The Kier molecular flexibility index (Phi) is 7.04. The van der Waals surface area contributed by atoms with Crippen molar-refractivity contribution in [1.29, 1.82) is 0 Å². The highest BCUT2D eigenvalue weighted by molar-refractivity contribution is 7.89. The van der Waals surface area contributed by atoms with E-state index < -0.39 is 34.1 Å². The highest BCUT2D eigenvalue weighted by atomic mass is 35.5. The van der Waals surface area contributed by atoms with Crippen LogP contribution in [0, 0.1) is 18.6 Å². The van der Waals surface area contributed by atoms with Crippen molar-refractivity contribution >= 4 is 33.2 Å². The highest BCUT2D eigenvalue weighted by Crippen LogP contribution is 2.21. The molecule has 0 radical (unpaired) electrons. The summed E-state index contributed by atoms with van der Waals surface area (Å²) in [4.78, 5) is 12.6. The predicted molar refractivity (Wildman–Crippen MR) is 115 cm³/mol. The van der Waals surface area contributed by atoms with E-state index in [9.17, 15) is 22.0 Å². The van der Waals surface area contributed by atoms with Gasteiger partial charge < -0.3 is 5.32 Å². The molecule has 0 bridgehead atoms. The Morgan fingerprint density at radius 3 is 2.23 bits per heavy atom. The van der Waals surface area contributed by atoms with Crippen LogP contribution < -0.4 is 5.32 Å². The maximum atomic E-state index is 13.4. The van der Waals surface area contributed by atoms with E-state index in [1.54, 1.807) is 36.4 Å². The van der Waals surface area contributed by atoms with E-state index in [-0.39, 0.29) is 17.1 Å². The predicted octanol–water partition coefficient (Wildman–Crippen LogP) is 4.76. The zero-order valence-electron chi connectivity index (χ0n) is 16.5. The lowest BCUT2D eigenvalue weighted by atomic mass is 10.2. The SMILES string of the molecule is Cc1ccc(S(=O)(=O)N(CC(=O)Nc2ccc(F)c(F)c2)Cc2ccc(Cl)cc2)cc1. The maximum Gasteiger partial charge on any atom is 0.243 e. The average Bonchev–Trinajstić information content (AvgIpc) is 2.72. The van der Waals surface area contributed by atoms with E-state index in [1.165, 1.54) is 18.2 Å². The van der Waals surface area contributed by atoms with Crippen molar-refractivity contribution < 1.29 is 22.0 Å². The van der Waals surface area contributed by atoms with Gasteiger partial charge in [-0.3, -0.25) is 4.79 Å². The summed E-state index contributed by atoms with van der Waals surface area (Å²) in [5, 5.41) is 2.89. The Morgan fingerprint density at radius 1 is 0.968 bits per heavy atom. The first-order chi connectivity index (χ1) is 14.6. The lowest BCUT2D eigenvalue weighted by molar-refractivity contribution is -0.116. The van der Waals surface area contributed by atoms with Crippen molar-refractivity contribution in [3.63, 3.8) is 0 Å². The number of carbonyl (C=O) groups is 1. The first-order valence-corrected chi connectivity index (χ1v) is 11.0. The highest BCUT2D eigenvalue weighted by Gasteiger charge is 2.27. The van der Waals surface area contributed by atoms with Crippen molar-refractivity contribution in [3.05, 3.63) is 94.5 Å². The van der Waals surface area contributed by atoms with Crippen LogP contribution >= 0.6 is 11.6 Å². The second-order valence-corrected chi connectivity index (χ2v) is 9.26. The summed E-state index contributed by atoms with van der Waals surface area (Å²) in [6.45, 7) is 1.22. The minimum absolute atomic E-state index is 0.0167. The molecule has 0 aliphatic rings. The van der Waals surface area contributed by atoms with Crippen LogP contribution in [0.15, 0.2) is 71.6 Å². The summed E-state index contributed by atoms with van der Waals surface area (Å²) in [6.07, 6.45) is 0. The second kappa shape index (κ2) is 9.55. The molecule has 0 saturated heterocycles. The van der Waals surface area contributed by atoms with Gasteiger partial charge in [0, 0.05) is 23.3 Å². The molecule has 9 heteroatoms. The van der Waals surface area contributed by atoms with Gasteiger partial charge in [0.15, 0.2) is 11.6 Å². The van der Waals surface area contributed by atoms with Crippen LogP contribution in [-0.2, 0) is 21.4 Å². The third-order valence-corrected chi connectivity index (χ3v) is 6.51. The first-order valence-electron chi connectivity index (χ1n) is 9.21. The molecular weight excluding hydrogens is 446 g/mol. The van der Waals surface area contributed by atoms with Crippen molar-refractivity contribution in [2.24, 2.45) is 0 Å². The minimum Gasteiger partial charge on any atom is -0.325 e. The molecule has 31 heavy (non-hydrogen) atoms. The summed E-state index contributed by atoms with van der Waals surface area (Å²) >= 11 is 5.89. The Morgan fingerprint density at radius 2 is 1.61 bits per heavy atom. The van der Waals surface area contributed by atoms with E-state index in [0.717, 1.165) is 22.0 Å². The lowest BCUT2D eigenvalue weighted by Crippen LogP contribution is -2.37. The third kappa shape index (κ3) is 5.88. The molecule has 0 aromatic heterocycles. The third-order valence-electron chi connectivity index (χ3n) is 4.45. The minimum atomic E-state index is -4.02. The molecule has 0 unspecified atom stereocenters. The van der Waals surface area contributed by atoms with Crippen LogP contribution in [0.4, 0.5) is 14.5 Å². The Labute approximate surface area is 184 Å².